The van der Waals surface area contributed by atoms with Crippen molar-refractivity contribution in [2.45, 2.75) is 9.79 Å². The van der Waals surface area contributed by atoms with E-state index >= 15 is 0 Å². The van der Waals surface area contributed by atoms with Crippen LogP contribution in [-0.4, -0.2) is 16.1 Å². The molecule has 1 aromatic carbocycles. The van der Waals surface area contributed by atoms with Crippen molar-refractivity contribution in [2.75, 3.05) is 0 Å². The van der Waals surface area contributed by atoms with Gasteiger partial charge in [-0.15, -0.1) is 0 Å². The SMILES string of the molecule is O=C(O)c1cc(Sc2ccccc2F)ccn1. The van der Waals surface area contributed by atoms with Crippen LogP contribution in [0, 0.1) is 5.82 Å². The quantitative estimate of drug-likeness (QED) is 0.908. The maximum atomic E-state index is 13.4. The second kappa shape index (κ2) is 4.97. The maximum Gasteiger partial charge on any atom is 0.354 e. The van der Waals surface area contributed by atoms with Crippen LogP contribution in [0.1, 0.15) is 10.5 Å². The van der Waals surface area contributed by atoms with E-state index in [1.165, 1.54) is 30.1 Å². The van der Waals surface area contributed by atoms with Crippen molar-refractivity contribution in [2.24, 2.45) is 0 Å². The van der Waals surface area contributed by atoms with E-state index in [4.69, 9.17) is 5.11 Å². The molecule has 1 heterocycles. The average molecular weight is 249 g/mol. The Kier molecular flexibility index (Phi) is 3.39. The molecular weight excluding hydrogens is 241 g/mol. The van der Waals surface area contributed by atoms with Gasteiger partial charge >= 0.3 is 5.97 Å². The molecular formula is C12H8FNO2S. The van der Waals surface area contributed by atoms with Crippen molar-refractivity contribution >= 4 is 17.7 Å². The third-order valence-electron chi connectivity index (χ3n) is 2.01. The summed E-state index contributed by atoms with van der Waals surface area (Å²) in [5.74, 6) is -1.42. The lowest BCUT2D eigenvalue weighted by Gasteiger charge is -2.03. The van der Waals surface area contributed by atoms with E-state index in [2.05, 4.69) is 4.98 Å². The van der Waals surface area contributed by atoms with Gasteiger partial charge in [-0.25, -0.2) is 14.2 Å². The number of hydrogen-bond acceptors (Lipinski definition) is 3. The number of pyridine rings is 1. The largest absolute Gasteiger partial charge is 0.477 e. The van der Waals surface area contributed by atoms with E-state index in [1.54, 1.807) is 24.3 Å². The van der Waals surface area contributed by atoms with Gasteiger partial charge in [0.2, 0.25) is 0 Å². The second-order valence-corrected chi connectivity index (χ2v) is 4.33. The summed E-state index contributed by atoms with van der Waals surface area (Å²) in [6.07, 6.45) is 1.40. The molecule has 0 aliphatic heterocycles. The summed E-state index contributed by atoms with van der Waals surface area (Å²) in [7, 11) is 0. The van der Waals surface area contributed by atoms with E-state index in [-0.39, 0.29) is 11.5 Å². The van der Waals surface area contributed by atoms with Crippen molar-refractivity contribution < 1.29 is 14.3 Å². The minimum atomic E-state index is -1.10. The highest BCUT2D eigenvalue weighted by Crippen LogP contribution is 2.29. The highest BCUT2D eigenvalue weighted by atomic mass is 32.2. The molecule has 17 heavy (non-hydrogen) atoms. The number of hydrogen-bond donors (Lipinski definition) is 1. The van der Waals surface area contributed by atoms with Crippen molar-refractivity contribution in [1.29, 1.82) is 0 Å². The van der Waals surface area contributed by atoms with E-state index < -0.39 is 5.97 Å². The van der Waals surface area contributed by atoms with Crippen LogP contribution in [0.4, 0.5) is 4.39 Å². The molecule has 1 aromatic heterocycles. The topological polar surface area (TPSA) is 50.2 Å². The molecule has 5 heteroatoms. The lowest BCUT2D eigenvalue weighted by Crippen LogP contribution is -1.99. The molecule has 3 nitrogen and oxygen atoms in total. The first-order chi connectivity index (χ1) is 8.16. The van der Waals surface area contributed by atoms with Gasteiger partial charge in [-0.3, -0.25) is 0 Å². The van der Waals surface area contributed by atoms with Gasteiger partial charge < -0.3 is 5.11 Å². The van der Waals surface area contributed by atoms with Crippen LogP contribution in [0.15, 0.2) is 52.4 Å². The van der Waals surface area contributed by atoms with Crippen molar-refractivity contribution in [3.8, 4) is 0 Å². The summed E-state index contributed by atoms with van der Waals surface area (Å²) < 4.78 is 13.4. The van der Waals surface area contributed by atoms with Gasteiger partial charge in [-0.05, 0) is 24.3 Å². The maximum absolute atomic E-state index is 13.4. The molecule has 86 valence electrons. The zero-order valence-electron chi connectivity index (χ0n) is 8.63. The van der Waals surface area contributed by atoms with Gasteiger partial charge in [0.15, 0.2) is 0 Å². The minimum absolute atomic E-state index is 0.0497. The fourth-order valence-electron chi connectivity index (χ4n) is 1.25. The third-order valence-corrected chi connectivity index (χ3v) is 3.06. The summed E-state index contributed by atoms with van der Waals surface area (Å²) in [6.45, 7) is 0. The van der Waals surface area contributed by atoms with Crippen LogP contribution in [0.3, 0.4) is 0 Å². The van der Waals surface area contributed by atoms with E-state index in [0.717, 1.165) is 0 Å². The number of carbonyl (C=O) groups is 1. The zero-order chi connectivity index (χ0) is 12.3. The van der Waals surface area contributed by atoms with Crippen LogP contribution in [0.2, 0.25) is 0 Å². The number of aromatic nitrogens is 1. The monoisotopic (exact) mass is 249 g/mol. The number of nitrogens with zero attached hydrogens (tertiary/aromatic N) is 1. The van der Waals surface area contributed by atoms with Crippen LogP contribution >= 0.6 is 11.8 Å². The average Bonchev–Trinajstić information content (AvgIpc) is 2.32. The lowest BCUT2D eigenvalue weighted by atomic mass is 10.3. The van der Waals surface area contributed by atoms with Gasteiger partial charge in [0.05, 0.1) is 0 Å². The first-order valence-corrected chi connectivity index (χ1v) is 5.60. The Bertz CT molecular complexity index is 560. The molecule has 0 spiro atoms. The van der Waals surface area contributed by atoms with E-state index in [0.29, 0.717) is 9.79 Å². The summed E-state index contributed by atoms with van der Waals surface area (Å²) in [5.41, 5.74) is -0.0497. The van der Waals surface area contributed by atoms with Crippen molar-refractivity contribution in [3.05, 3.63) is 54.1 Å². The van der Waals surface area contributed by atoms with Gasteiger partial charge in [-0.2, -0.15) is 0 Å². The summed E-state index contributed by atoms with van der Waals surface area (Å²) in [5, 5.41) is 8.78. The number of rotatable bonds is 3. The summed E-state index contributed by atoms with van der Waals surface area (Å²) >= 11 is 1.17. The van der Waals surface area contributed by atoms with Gasteiger partial charge in [0.25, 0.3) is 0 Å². The van der Waals surface area contributed by atoms with Crippen molar-refractivity contribution in [3.63, 3.8) is 0 Å². The minimum Gasteiger partial charge on any atom is -0.477 e. The van der Waals surface area contributed by atoms with E-state index in [9.17, 15) is 9.18 Å². The van der Waals surface area contributed by atoms with Gasteiger partial charge in [0.1, 0.15) is 11.5 Å². The van der Waals surface area contributed by atoms with Crippen LogP contribution in [-0.2, 0) is 0 Å². The summed E-state index contributed by atoms with van der Waals surface area (Å²) in [4.78, 5) is 15.5. The molecule has 0 bridgehead atoms. The fraction of sp³-hybridized carbons (Fsp3) is 0. The first-order valence-electron chi connectivity index (χ1n) is 4.78. The molecule has 0 aliphatic rings. The van der Waals surface area contributed by atoms with Crippen LogP contribution < -0.4 is 0 Å². The molecule has 0 aliphatic carbocycles. The molecule has 2 rings (SSSR count). The second-order valence-electron chi connectivity index (χ2n) is 3.21. The number of benzene rings is 1. The van der Waals surface area contributed by atoms with Crippen molar-refractivity contribution in [1.82, 2.24) is 4.98 Å². The highest BCUT2D eigenvalue weighted by Gasteiger charge is 2.07. The number of carboxylic acids is 1. The first kappa shape index (κ1) is 11.6. The zero-order valence-corrected chi connectivity index (χ0v) is 9.45. The molecule has 0 amide bonds. The lowest BCUT2D eigenvalue weighted by molar-refractivity contribution is 0.0690. The van der Waals surface area contributed by atoms with Gasteiger partial charge in [0, 0.05) is 16.0 Å². The standard InChI is InChI=1S/C12H8FNO2S/c13-9-3-1-2-4-11(9)17-8-5-6-14-10(7-8)12(15)16/h1-7H,(H,15,16). The normalized spacial score (nSPS) is 10.2. The fourth-order valence-corrected chi connectivity index (χ4v) is 2.11. The Morgan fingerprint density at radius 1 is 1.29 bits per heavy atom. The Labute approximate surface area is 101 Å². The van der Waals surface area contributed by atoms with Gasteiger partial charge in [-0.1, -0.05) is 23.9 Å². The van der Waals surface area contributed by atoms with Crippen LogP contribution in [0.25, 0.3) is 0 Å². The predicted molar refractivity (Wildman–Crippen MR) is 61.7 cm³/mol. The number of halogens is 1. The molecule has 0 atom stereocenters. The molecule has 2 aromatic rings. The molecule has 0 saturated carbocycles. The number of aromatic carboxylic acids is 1. The molecule has 0 fully saturated rings. The Morgan fingerprint density at radius 2 is 2.06 bits per heavy atom. The third kappa shape index (κ3) is 2.82. The molecule has 0 radical (unpaired) electrons. The summed E-state index contributed by atoms with van der Waals surface area (Å²) in [6, 6.07) is 9.39. The Morgan fingerprint density at radius 3 is 2.76 bits per heavy atom. The molecule has 0 saturated heterocycles. The molecule has 1 N–H and O–H groups in total. The Balaban J connectivity index is 2.28. The Hall–Kier alpha value is -1.88. The van der Waals surface area contributed by atoms with Crippen LogP contribution in [0.5, 0.6) is 0 Å². The highest BCUT2D eigenvalue weighted by molar-refractivity contribution is 7.99. The predicted octanol–water partition coefficient (Wildman–Crippen LogP) is 3.07. The smallest absolute Gasteiger partial charge is 0.354 e. The number of carboxylic acid groups (broad SMARTS) is 1. The molecule has 0 unspecified atom stereocenters. The van der Waals surface area contributed by atoms with E-state index in [1.807, 2.05) is 0 Å².